The van der Waals surface area contributed by atoms with E-state index in [1.54, 1.807) is 48.5 Å². The predicted octanol–water partition coefficient (Wildman–Crippen LogP) is 3.72. The average Bonchev–Trinajstić information content (AvgIpc) is 2.92. The second-order valence-corrected chi connectivity index (χ2v) is 9.79. The van der Waals surface area contributed by atoms with E-state index in [4.69, 9.17) is 9.47 Å². The highest BCUT2D eigenvalue weighted by Crippen LogP contribution is 2.47. The van der Waals surface area contributed by atoms with Gasteiger partial charge in [0, 0.05) is 12.3 Å². The number of aromatic carboxylic acids is 1. The number of Topliss-reactive ketones (excluding diaryl/α,β-unsaturated/α-hetero) is 1. The van der Waals surface area contributed by atoms with Gasteiger partial charge in [0.05, 0.1) is 42.7 Å². The number of para-hydroxylation sites is 4. The van der Waals surface area contributed by atoms with Crippen molar-refractivity contribution in [3.8, 4) is 11.5 Å². The number of carboxylic acids is 1. The fourth-order valence-corrected chi connectivity index (χ4v) is 5.26. The maximum atomic E-state index is 13.9. The Morgan fingerprint density at radius 1 is 0.825 bits per heavy atom. The third-order valence-electron chi connectivity index (χ3n) is 7.10. The van der Waals surface area contributed by atoms with Crippen LogP contribution in [-0.2, 0) is 14.4 Å². The molecule has 208 valence electrons. The molecule has 4 N–H and O–H groups in total. The van der Waals surface area contributed by atoms with Crippen molar-refractivity contribution >= 4 is 34.9 Å². The van der Waals surface area contributed by atoms with Gasteiger partial charge in [-0.1, -0.05) is 36.4 Å². The minimum Gasteiger partial charge on any atom is -0.495 e. The van der Waals surface area contributed by atoms with Crippen molar-refractivity contribution in [2.75, 3.05) is 24.9 Å². The molecule has 10 heteroatoms. The van der Waals surface area contributed by atoms with Gasteiger partial charge < -0.3 is 30.3 Å². The lowest BCUT2D eigenvalue weighted by Gasteiger charge is -2.44. The predicted molar refractivity (Wildman–Crippen MR) is 147 cm³/mol. The number of nitrogens with one attached hydrogen (secondary N) is 2. The molecule has 1 saturated carbocycles. The third kappa shape index (κ3) is 5.67. The molecular weight excluding hydrogens is 516 g/mol. The lowest BCUT2D eigenvalue weighted by Crippen LogP contribution is -2.56. The lowest BCUT2D eigenvalue weighted by molar-refractivity contribution is -0.150. The molecule has 10 nitrogen and oxygen atoms in total. The highest BCUT2D eigenvalue weighted by atomic mass is 16.5. The number of aliphatic hydroxyl groups is 1. The van der Waals surface area contributed by atoms with Crippen LogP contribution in [0.15, 0.2) is 72.8 Å². The Morgan fingerprint density at radius 3 is 1.82 bits per heavy atom. The highest BCUT2D eigenvalue weighted by Gasteiger charge is 2.56. The molecule has 1 aliphatic rings. The van der Waals surface area contributed by atoms with Crippen LogP contribution in [0.3, 0.4) is 0 Å². The summed E-state index contributed by atoms with van der Waals surface area (Å²) in [5.74, 6) is -6.08. The molecule has 1 fully saturated rings. The zero-order valence-electron chi connectivity index (χ0n) is 22.2. The fraction of sp³-hybridized carbons (Fsp3) is 0.267. The first kappa shape index (κ1) is 28.3. The molecule has 0 bridgehead atoms. The summed E-state index contributed by atoms with van der Waals surface area (Å²) in [5.41, 5.74) is -0.824. The van der Waals surface area contributed by atoms with Crippen LogP contribution in [0.4, 0.5) is 11.4 Å². The van der Waals surface area contributed by atoms with E-state index in [1.165, 1.54) is 45.4 Å². The maximum Gasteiger partial charge on any atom is 0.335 e. The van der Waals surface area contributed by atoms with E-state index in [0.29, 0.717) is 28.4 Å². The van der Waals surface area contributed by atoms with Crippen LogP contribution >= 0.6 is 0 Å². The molecule has 2 amide bonds. The first-order valence-electron chi connectivity index (χ1n) is 12.5. The van der Waals surface area contributed by atoms with E-state index in [0.717, 1.165) is 0 Å². The Bertz CT molecular complexity index is 1430. The quantitative estimate of drug-likeness (QED) is 0.312. The van der Waals surface area contributed by atoms with Crippen molar-refractivity contribution in [1.29, 1.82) is 0 Å². The summed E-state index contributed by atoms with van der Waals surface area (Å²) in [6.45, 7) is 1.38. The standard InChI is InChI=1S/C30H30N2O8/c1-30(38)16-21(33)25(27(34)31-19-8-4-6-10-22(19)39-2)24(17-12-14-18(15-13-17)29(36)37)26(30)28(35)32-20-9-5-7-11-23(20)40-3/h4-15,24-26,38H,16H2,1-3H3,(H,31,34)(H,32,35)(H,36,37). The molecule has 4 atom stereocenters. The maximum absolute atomic E-state index is 13.9. The van der Waals surface area contributed by atoms with E-state index < -0.39 is 53.3 Å². The number of carboxylic acid groups (broad SMARTS) is 1. The van der Waals surface area contributed by atoms with Crippen molar-refractivity contribution in [3.63, 3.8) is 0 Å². The Balaban J connectivity index is 1.80. The summed E-state index contributed by atoms with van der Waals surface area (Å²) in [6, 6.07) is 19.0. The number of ketones is 1. The van der Waals surface area contributed by atoms with Gasteiger partial charge >= 0.3 is 5.97 Å². The van der Waals surface area contributed by atoms with Gasteiger partial charge in [0.2, 0.25) is 11.8 Å². The largest absolute Gasteiger partial charge is 0.495 e. The van der Waals surface area contributed by atoms with Crippen LogP contribution in [0, 0.1) is 11.8 Å². The molecule has 3 aromatic rings. The topological polar surface area (TPSA) is 151 Å². The molecular formula is C30H30N2O8. The Morgan fingerprint density at radius 2 is 1.32 bits per heavy atom. The van der Waals surface area contributed by atoms with Crippen molar-refractivity contribution in [2.24, 2.45) is 11.8 Å². The van der Waals surface area contributed by atoms with Gasteiger partial charge in [-0.3, -0.25) is 14.4 Å². The molecule has 0 saturated heterocycles. The van der Waals surface area contributed by atoms with Gasteiger partial charge in [-0.2, -0.15) is 0 Å². The first-order valence-corrected chi connectivity index (χ1v) is 12.5. The first-order chi connectivity index (χ1) is 19.1. The molecule has 0 aliphatic heterocycles. The summed E-state index contributed by atoms with van der Waals surface area (Å²) in [4.78, 5) is 52.5. The number of methoxy groups -OCH3 is 2. The zero-order chi connectivity index (χ0) is 29.0. The minimum absolute atomic E-state index is 0.0114. The summed E-state index contributed by atoms with van der Waals surface area (Å²) in [7, 11) is 2.89. The molecule has 1 aliphatic carbocycles. The number of rotatable bonds is 8. The molecule has 40 heavy (non-hydrogen) atoms. The van der Waals surface area contributed by atoms with Gasteiger partial charge in [-0.25, -0.2) is 4.79 Å². The van der Waals surface area contributed by atoms with Crippen molar-refractivity contribution in [3.05, 3.63) is 83.9 Å². The molecule has 4 rings (SSSR count). The number of anilines is 2. The number of carbonyl (C=O) groups excluding carboxylic acids is 3. The molecule has 3 aromatic carbocycles. The van der Waals surface area contributed by atoms with Gasteiger partial charge in [0.1, 0.15) is 23.2 Å². The Labute approximate surface area is 230 Å². The molecule has 4 unspecified atom stereocenters. The van der Waals surface area contributed by atoms with E-state index >= 15 is 0 Å². The van der Waals surface area contributed by atoms with Crippen LogP contribution in [0.2, 0.25) is 0 Å². The van der Waals surface area contributed by atoms with Crippen LogP contribution in [0.25, 0.3) is 0 Å². The van der Waals surface area contributed by atoms with Crippen molar-refractivity contribution < 1.29 is 38.9 Å². The van der Waals surface area contributed by atoms with Crippen LogP contribution < -0.4 is 20.1 Å². The number of carbonyl (C=O) groups is 4. The summed E-state index contributed by atoms with van der Waals surface area (Å²) >= 11 is 0. The average molecular weight is 547 g/mol. The SMILES string of the molecule is COc1ccccc1NC(=O)C1C(=O)CC(C)(O)C(C(=O)Nc2ccccc2OC)C1c1ccc(C(=O)O)cc1. The van der Waals surface area contributed by atoms with Crippen LogP contribution in [0.1, 0.15) is 35.2 Å². The van der Waals surface area contributed by atoms with Crippen LogP contribution in [0.5, 0.6) is 11.5 Å². The molecule has 0 radical (unpaired) electrons. The van der Waals surface area contributed by atoms with Gasteiger partial charge in [-0.05, 0) is 48.9 Å². The smallest absolute Gasteiger partial charge is 0.335 e. The monoisotopic (exact) mass is 546 g/mol. The van der Waals surface area contributed by atoms with Gasteiger partial charge in [0.15, 0.2) is 0 Å². The highest BCUT2D eigenvalue weighted by molar-refractivity contribution is 6.11. The normalized spacial score (nSPS) is 22.2. The van der Waals surface area contributed by atoms with Crippen LogP contribution in [-0.4, -0.2) is 53.6 Å². The second-order valence-electron chi connectivity index (χ2n) is 9.79. The van der Waals surface area contributed by atoms with E-state index in [2.05, 4.69) is 10.6 Å². The lowest BCUT2D eigenvalue weighted by atomic mass is 9.61. The summed E-state index contributed by atoms with van der Waals surface area (Å²) in [5, 5.41) is 26.4. The summed E-state index contributed by atoms with van der Waals surface area (Å²) in [6.07, 6.45) is -0.454. The number of ether oxygens (including phenoxy) is 2. The van der Waals surface area contributed by atoms with E-state index in [-0.39, 0.29) is 5.56 Å². The number of hydrogen-bond donors (Lipinski definition) is 4. The number of benzene rings is 3. The Kier molecular flexibility index (Phi) is 8.20. The molecule has 0 spiro atoms. The van der Waals surface area contributed by atoms with E-state index in [1.807, 2.05) is 0 Å². The molecule has 0 aromatic heterocycles. The minimum atomic E-state index is -1.83. The molecule has 0 heterocycles. The van der Waals surface area contributed by atoms with E-state index in [9.17, 15) is 29.4 Å². The number of amides is 2. The summed E-state index contributed by atoms with van der Waals surface area (Å²) < 4.78 is 10.7. The Hall–Kier alpha value is -4.70. The van der Waals surface area contributed by atoms with Gasteiger partial charge in [0.25, 0.3) is 0 Å². The third-order valence-corrected chi connectivity index (χ3v) is 7.10. The van der Waals surface area contributed by atoms with Crippen molar-refractivity contribution in [1.82, 2.24) is 0 Å². The second kappa shape index (κ2) is 11.6. The fourth-order valence-electron chi connectivity index (χ4n) is 5.26. The van der Waals surface area contributed by atoms with Gasteiger partial charge in [-0.15, -0.1) is 0 Å². The zero-order valence-corrected chi connectivity index (χ0v) is 22.2. The van der Waals surface area contributed by atoms with Crippen molar-refractivity contribution in [2.45, 2.75) is 24.9 Å². The number of hydrogen-bond acceptors (Lipinski definition) is 7.